The Kier molecular flexibility index (Phi) is 6.33. The molecule has 28 heavy (non-hydrogen) atoms. The molecule has 0 unspecified atom stereocenters. The maximum atomic E-state index is 12.7. The Morgan fingerprint density at radius 1 is 1.32 bits per heavy atom. The van der Waals surface area contributed by atoms with Crippen LogP contribution in [0, 0.1) is 10.1 Å². The molecule has 1 aliphatic heterocycles. The van der Waals surface area contributed by atoms with Gasteiger partial charge in [0, 0.05) is 24.7 Å². The van der Waals surface area contributed by atoms with Gasteiger partial charge in [0.15, 0.2) is 5.75 Å². The number of carbonyl (C=O) groups is 1. The van der Waals surface area contributed by atoms with Gasteiger partial charge in [-0.3, -0.25) is 14.9 Å². The third-order valence-electron chi connectivity index (χ3n) is 4.28. The average Bonchev–Trinajstić information content (AvgIpc) is 2.69. The molecule has 0 atom stereocenters. The van der Waals surface area contributed by atoms with E-state index in [4.69, 9.17) is 21.1 Å². The molecule has 0 aliphatic carbocycles. The Morgan fingerprint density at radius 3 is 2.75 bits per heavy atom. The van der Waals surface area contributed by atoms with Crippen LogP contribution < -0.4 is 15.0 Å². The first kappa shape index (κ1) is 19.9. The van der Waals surface area contributed by atoms with Gasteiger partial charge in [-0.25, -0.2) is 0 Å². The second-order valence-electron chi connectivity index (χ2n) is 6.06. The largest absolute Gasteiger partial charge is 0.487 e. The van der Waals surface area contributed by atoms with Gasteiger partial charge in [-0.1, -0.05) is 17.7 Å². The third kappa shape index (κ3) is 4.35. The fourth-order valence-corrected chi connectivity index (χ4v) is 3.29. The van der Waals surface area contributed by atoms with Crippen LogP contribution in [0.5, 0.6) is 5.75 Å². The highest BCUT2D eigenvalue weighted by Crippen LogP contribution is 2.35. The highest BCUT2D eigenvalue weighted by Gasteiger charge is 2.22. The molecule has 0 aromatic heterocycles. The number of rotatable bonds is 6. The van der Waals surface area contributed by atoms with E-state index in [1.807, 2.05) is 4.90 Å². The fourth-order valence-electron chi connectivity index (χ4n) is 3.00. The molecule has 2 aromatic rings. The summed E-state index contributed by atoms with van der Waals surface area (Å²) < 4.78 is 10.6. The van der Waals surface area contributed by atoms with Crippen LogP contribution in [0.4, 0.5) is 17.1 Å². The number of nitrogens with zero attached hydrogens (tertiary/aromatic N) is 2. The number of para-hydroxylation sites is 1. The molecule has 3 rings (SSSR count). The topological polar surface area (TPSA) is 93.9 Å². The summed E-state index contributed by atoms with van der Waals surface area (Å²) >= 11 is 6.37. The average molecular weight is 406 g/mol. The summed E-state index contributed by atoms with van der Waals surface area (Å²) in [6.45, 7) is 4.48. The van der Waals surface area contributed by atoms with E-state index in [0.717, 1.165) is 0 Å². The number of morpholine rings is 1. The molecule has 1 N–H and O–H groups in total. The molecular weight excluding hydrogens is 386 g/mol. The Morgan fingerprint density at radius 2 is 2.07 bits per heavy atom. The molecule has 9 heteroatoms. The molecule has 2 aromatic carbocycles. The van der Waals surface area contributed by atoms with E-state index in [1.165, 1.54) is 18.2 Å². The van der Waals surface area contributed by atoms with E-state index < -0.39 is 10.8 Å². The number of nitro benzene ring substituents is 1. The number of hydrogen-bond donors (Lipinski definition) is 1. The van der Waals surface area contributed by atoms with Gasteiger partial charge in [-0.15, -0.1) is 0 Å². The van der Waals surface area contributed by atoms with Crippen LogP contribution in [-0.4, -0.2) is 43.7 Å². The lowest BCUT2D eigenvalue weighted by Crippen LogP contribution is -2.37. The van der Waals surface area contributed by atoms with E-state index in [0.29, 0.717) is 42.7 Å². The number of anilines is 2. The van der Waals surface area contributed by atoms with Gasteiger partial charge in [0.2, 0.25) is 0 Å². The Labute approximate surface area is 167 Å². The first-order valence-electron chi connectivity index (χ1n) is 8.85. The first-order valence-corrected chi connectivity index (χ1v) is 9.23. The van der Waals surface area contributed by atoms with Gasteiger partial charge in [0.05, 0.1) is 41.1 Å². The zero-order valence-electron chi connectivity index (χ0n) is 15.3. The van der Waals surface area contributed by atoms with Crippen molar-refractivity contribution in [1.82, 2.24) is 0 Å². The van der Waals surface area contributed by atoms with E-state index in [1.54, 1.807) is 25.1 Å². The summed E-state index contributed by atoms with van der Waals surface area (Å²) in [5.74, 6) is -0.344. The van der Waals surface area contributed by atoms with Crippen LogP contribution in [0.2, 0.25) is 5.02 Å². The highest BCUT2D eigenvalue weighted by atomic mass is 35.5. The van der Waals surface area contributed by atoms with Gasteiger partial charge in [-0.2, -0.15) is 0 Å². The number of halogens is 1. The lowest BCUT2D eigenvalue weighted by Gasteiger charge is -2.31. The molecule has 0 bridgehead atoms. The number of ether oxygens (including phenoxy) is 2. The molecule has 1 saturated heterocycles. The van der Waals surface area contributed by atoms with Gasteiger partial charge >= 0.3 is 5.69 Å². The number of carbonyl (C=O) groups excluding carboxylic acids is 1. The van der Waals surface area contributed by atoms with Gasteiger partial charge < -0.3 is 19.7 Å². The number of hydrogen-bond acceptors (Lipinski definition) is 6. The van der Waals surface area contributed by atoms with Gasteiger partial charge in [0.1, 0.15) is 0 Å². The maximum Gasteiger partial charge on any atom is 0.311 e. The van der Waals surface area contributed by atoms with E-state index in [2.05, 4.69) is 5.32 Å². The lowest BCUT2D eigenvalue weighted by molar-refractivity contribution is -0.385. The lowest BCUT2D eigenvalue weighted by atomic mass is 10.1. The normalized spacial score (nSPS) is 13.9. The number of benzene rings is 2. The van der Waals surface area contributed by atoms with E-state index in [9.17, 15) is 14.9 Å². The summed E-state index contributed by atoms with van der Waals surface area (Å²) in [5, 5.41) is 14.6. The maximum absolute atomic E-state index is 12.7. The molecule has 1 heterocycles. The molecule has 148 valence electrons. The quantitative estimate of drug-likeness (QED) is 0.581. The summed E-state index contributed by atoms with van der Waals surface area (Å²) in [6, 6.07) is 9.37. The Bertz CT molecular complexity index is 884. The van der Waals surface area contributed by atoms with Crippen LogP contribution in [0.3, 0.4) is 0 Å². The predicted octanol–water partition coefficient (Wildman–Crippen LogP) is 3.74. The summed E-state index contributed by atoms with van der Waals surface area (Å²) in [7, 11) is 0. The van der Waals surface area contributed by atoms with Crippen molar-refractivity contribution in [1.29, 1.82) is 0 Å². The second kappa shape index (κ2) is 8.90. The minimum absolute atomic E-state index is 0.126. The molecule has 0 saturated carbocycles. The zero-order valence-corrected chi connectivity index (χ0v) is 16.1. The molecule has 0 spiro atoms. The van der Waals surface area contributed by atoms with Crippen molar-refractivity contribution in [2.24, 2.45) is 0 Å². The van der Waals surface area contributed by atoms with Gasteiger partial charge in [0.25, 0.3) is 5.91 Å². The smallest absolute Gasteiger partial charge is 0.311 e. The first-order chi connectivity index (χ1) is 13.5. The van der Waals surface area contributed by atoms with Crippen molar-refractivity contribution in [2.45, 2.75) is 6.92 Å². The van der Waals surface area contributed by atoms with Crippen LogP contribution in [0.15, 0.2) is 36.4 Å². The van der Waals surface area contributed by atoms with Crippen LogP contribution >= 0.6 is 11.6 Å². The number of amides is 1. The minimum atomic E-state index is -0.569. The van der Waals surface area contributed by atoms with Crippen molar-refractivity contribution >= 4 is 34.6 Å². The van der Waals surface area contributed by atoms with Crippen molar-refractivity contribution in [3.05, 3.63) is 57.1 Å². The zero-order chi connectivity index (χ0) is 20.1. The monoisotopic (exact) mass is 405 g/mol. The van der Waals surface area contributed by atoms with Crippen LogP contribution in [-0.2, 0) is 4.74 Å². The van der Waals surface area contributed by atoms with Gasteiger partial charge in [-0.05, 0) is 31.2 Å². The van der Waals surface area contributed by atoms with Crippen molar-refractivity contribution < 1.29 is 19.2 Å². The Hall–Kier alpha value is -2.84. The summed E-state index contributed by atoms with van der Waals surface area (Å²) in [5.41, 5.74) is 1.15. The van der Waals surface area contributed by atoms with Crippen molar-refractivity contribution in [3.8, 4) is 5.75 Å². The molecular formula is C19H20ClN3O5. The Balaban J connectivity index is 1.88. The molecule has 8 nitrogen and oxygen atoms in total. The van der Waals surface area contributed by atoms with E-state index in [-0.39, 0.29) is 23.6 Å². The van der Waals surface area contributed by atoms with Crippen molar-refractivity contribution in [2.75, 3.05) is 43.1 Å². The molecule has 1 fully saturated rings. The standard InChI is InChI=1S/C19H20ClN3O5/c1-2-28-17-7-6-13(12-16(17)23(25)26)19(24)21-15-5-3-4-14(20)18(15)22-8-10-27-11-9-22/h3-7,12H,2,8-11H2,1H3,(H,21,24). The molecule has 1 aliphatic rings. The van der Waals surface area contributed by atoms with E-state index >= 15 is 0 Å². The molecule has 1 amide bonds. The minimum Gasteiger partial charge on any atom is -0.487 e. The summed E-state index contributed by atoms with van der Waals surface area (Å²) in [6.07, 6.45) is 0. The third-order valence-corrected chi connectivity index (χ3v) is 4.58. The summed E-state index contributed by atoms with van der Waals surface area (Å²) in [4.78, 5) is 25.5. The number of nitro groups is 1. The SMILES string of the molecule is CCOc1ccc(C(=O)Nc2cccc(Cl)c2N2CCOCC2)cc1[N+](=O)[O-]. The predicted molar refractivity (Wildman–Crippen MR) is 107 cm³/mol. The van der Waals surface area contributed by atoms with Crippen LogP contribution in [0.1, 0.15) is 17.3 Å². The second-order valence-corrected chi connectivity index (χ2v) is 6.47. The fraction of sp³-hybridized carbons (Fsp3) is 0.316. The number of nitrogens with one attached hydrogen (secondary N) is 1. The highest BCUT2D eigenvalue weighted by molar-refractivity contribution is 6.34. The van der Waals surface area contributed by atoms with Crippen molar-refractivity contribution in [3.63, 3.8) is 0 Å². The molecule has 0 radical (unpaired) electrons. The van der Waals surface area contributed by atoms with Crippen LogP contribution in [0.25, 0.3) is 0 Å².